The fourth-order valence-corrected chi connectivity index (χ4v) is 5.34. The summed E-state index contributed by atoms with van der Waals surface area (Å²) in [5.74, 6) is -0.527. The molecule has 0 amide bonds. The highest BCUT2D eigenvalue weighted by molar-refractivity contribution is 7.89. The second-order valence-corrected chi connectivity index (χ2v) is 8.77. The molecule has 0 spiro atoms. The van der Waals surface area contributed by atoms with Crippen LogP contribution in [-0.2, 0) is 14.8 Å². The molecular formula is C18H28FN3O3S. The number of halogens is 1. The van der Waals surface area contributed by atoms with Crippen LogP contribution in [0.5, 0.6) is 0 Å². The van der Waals surface area contributed by atoms with Crippen LogP contribution in [0.15, 0.2) is 29.2 Å². The Kier molecular flexibility index (Phi) is 6.99. The van der Waals surface area contributed by atoms with Crippen molar-refractivity contribution < 1.29 is 17.5 Å². The molecule has 2 aliphatic rings. The lowest BCUT2D eigenvalue weighted by molar-refractivity contribution is 0.0365. The maximum absolute atomic E-state index is 13.6. The van der Waals surface area contributed by atoms with Crippen molar-refractivity contribution in [1.82, 2.24) is 14.5 Å². The normalized spacial score (nSPS) is 22.6. The van der Waals surface area contributed by atoms with Crippen molar-refractivity contribution in [3.8, 4) is 0 Å². The van der Waals surface area contributed by atoms with Gasteiger partial charge in [-0.2, -0.15) is 4.31 Å². The minimum absolute atomic E-state index is 0.0365. The first-order valence-corrected chi connectivity index (χ1v) is 10.8. The number of rotatable bonds is 7. The number of piperidine rings is 1. The van der Waals surface area contributed by atoms with Gasteiger partial charge in [0.2, 0.25) is 10.0 Å². The summed E-state index contributed by atoms with van der Waals surface area (Å²) in [4.78, 5) is 2.34. The van der Waals surface area contributed by atoms with Gasteiger partial charge in [0.05, 0.1) is 18.1 Å². The topological polar surface area (TPSA) is 61.9 Å². The molecule has 1 aromatic rings. The molecule has 0 aromatic heterocycles. The highest BCUT2D eigenvalue weighted by Gasteiger charge is 2.32. The van der Waals surface area contributed by atoms with Gasteiger partial charge >= 0.3 is 0 Å². The molecule has 1 unspecified atom stereocenters. The smallest absolute Gasteiger partial charge is 0.243 e. The zero-order valence-electron chi connectivity index (χ0n) is 15.1. The minimum Gasteiger partial charge on any atom is -0.379 e. The molecular weight excluding hydrogens is 357 g/mol. The number of morpholine rings is 1. The number of hydrogen-bond donors (Lipinski definition) is 1. The molecule has 2 fully saturated rings. The predicted octanol–water partition coefficient (Wildman–Crippen LogP) is 1.29. The third-order valence-corrected chi connectivity index (χ3v) is 6.99. The van der Waals surface area contributed by atoms with Gasteiger partial charge in [-0.3, -0.25) is 4.90 Å². The van der Waals surface area contributed by atoms with Crippen molar-refractivity contribution in [1.29, 1.82) is 0 Å². The molecule has 0 aliphatic carbocycles. The van der Waals surface area contributed by atoms with Crippen LogP contribution in [0.4, 0.5) is 4.39 Å². The first-order valence-electron chi connectivity index (χ1n) is 9.35. The van der Waals surface area contributed by atoms with Crippen molar-refractivity contribution in [3.63, 3.8) is 0 Å². The van der Waals surface area contributed by atoms with Gasteiger partial charge in [0, 0.05) is 32.2 Å². The van der Waals surface area contributed by atoms with Crippen LogP contribution in [0.25, 0.3) is 0 Å². The van der Waals surface area contributed by atoms with Crippen molar-refractivity contribution in [2.45, 2.75) is 30.2 Å². The summed E-state index contributed by atoms with van der Waals surface area (Å²) in [5, 5.41) is 3.28. The highest BCUT2D eigenvalue weighted by atomic mass is 32.2. The summed E-state index contributed by atoms with van der Waals surface area (Å²) in [6.45, 7) is 6.10. The molecule has 1 atom stereocenters. The van der Waals surface area contributed by atoms with Gasteiger partial charge in [-0.25, -0.2) is 12.8 Å². The Morgan fingerprint density at radius 2 is 2.12 bits per heavy atom. The maximum Gasteiger partial charge on any atom is 0.243 e. The molecule has 146 valence electrons. The van der Waals surface area contributed by atoms with Crippen molar-refractivity contribution in [3.05, 3.63) is 30.1 Å². The molecule has 1 N–H and O–H groups in total. The SMILES string of the molecule is O=S(=O)(c1cccc(F)c1)N(CCCN1CCOCC1)C1CCCNC1. The highest BCUT2D eigenvalue weighted by Crippen LogP contribution is 2.22. The van der Waals surface area contributed by atoms with E-state index >= 15 is 0 Å². The van der Waals surface area contributed by atoms with Crippen LogP contribution in [0.2, 0.25) is 0 Å². The molecule has 0 radical (unpaired) electrons. The molecule has 0 saturated carbocycles. The fourth-order valence-electron chi connectivity index (χ4n) is 3.62. The predicted molar refractivity (Wildman–Crippen MR) is 98.1 cm³/mol. The Hall–Kier alpha value is -1.06. The van der Waals surface area contributed by atoms with E-state index in [-0.39, 0.29) is 10.9 Å². The lowest BCUT2D eigenvalue weighted by Gasteiger charge is -2.34. The van der Waals surface area contributed by atoms with E-state index in [0.29, 0.717) is 13.1 Å². The van der Waals surface area contributed by atoms with Crippen LogP contribution in [-0.4, -0.2) is 76.1 Å². The standard InChI is InChI=1S/C18H28FN3O3S/c19-16-4-1-6-18(14-16)26(23,24)22(17-5-2-7-20-15-17)9-3-8-21-10-12-25-13-11-21/h1,4,6,14,17,20H,2-3,5,7-13,15H2. The van der Waals surface area contributed by atoms with Gasteiger partial charge < -0.3 is 10.1 Å². The molecule has 26 heavy (non-hydrogen) atoms. The molecule has 2 aliphatic heterocycles. The average Bonchev–Trinajstić information content (AvgIpc) is 2.66. The van der Waals surface area contributed by atoms with Gasteiger partial charge in [-0.05, 0) is 50.6 Å². The number of nitrogens with zero attached hydrogens (tertiary/aromatic N) is 2. The third kappa shape index (κ3) is 5.01. The van der Waals surface area contributed by atoms with Crippen LogP contribution in [0.3, 0.4) is 0 Å². The number of ether oxygens (including phenoxy) is 1. The molecule has 0 bridgehead atoms. The van der Waals surface area contributed by atoms with E-state index in [0.717, 1.165) is 64.7 Å². The molecule has 1 aromatic carbocycles. The van der Waals surface area contributed by atoms with Crippen molar-refractivity contribution in [2.24, 2.45) is 0 Å². The fraction of sp³-hybridized carbons (Fsp3) is 0.667. The Balaban J connectivity index is 1.71. The Morgan fingerprint density at radius 3 is 2.81 bits per heavy atom. The lowest BCUT2D eigenvalue weighted by atomic mass is 10.1. The lowest BCUT2D eigenvalue weighted by Crippen LogP contribution is -2.49. The van der Waals surface area contributed by atoms with Gasteiger partial charge in [0.1, 0.15) is 5.82 Å². The van der Waals surface area contributed by atoms with Crippen molar-refractivity contribution >= 4 is 10.0 Å². The zero-order chi connectivity index (χ0) is 18.4. The van der Waals surface area contributed by atoms with E-state index in [1.165, 1.54) is 18.2 Å². The summed E-state index contributed by atoms with van der Waals surface area (Å²) in [6.07, 6.45) is 2.54. The Labute approximate surface area is 155 Å². The molecule has 2 heterocycles. The largest absolute Gasteiger partial charge is 0.379 e. The van der Waals surface area contributed by atoms with E-state index in [9.17, 15) is 12.8 Å². The molecule has 2 saturated heterocycles. The van der Waals surface area contributed by atoms with Crippen LogP contribution in [0.1, 0.15) is 19.3 Å². The van der Waals surface area contributed by atoms with Gasteiger partial charge in [0.25, 0.3) is 0 Å². The first-order chi connectivity index (χ1) is 12.6. The zero-order valence-corrected chi connectivity index (χ0v) is 15.9. The van der Waals surface area contributed by atoms with E-state index < -0.39 is 15.8 Å². The number of hydrogen-bond acceptors (Lipinski definition) is 5. The second-order valence-electron chi connectivity index (χ2n) is 6.88. The number of benzene rings is 1. The quantitative estimate of drug-likeness (QED) is 0.766. The van der Waals surface area contributed by atoms with Gasteiger partial charge in [0.15, 0.2) is 0 Å². The Bertz CT molecular complexity index is 674. The van der Waals surface area contributed by atoms with E-state index in [4.69, 9.17) is 4.74 Å². The van der Waals surface area contributed by atoms with E-state index in [2.05, 4.69) is 10.2 Å². The number of nitrogens with one attached hydrogen (secondary N) is 1. The van der Waals surface area contributed by atoms with Crippen LogP contribution < -0.4 is 5.32 Å². The van der Waals surface area contributed by atoms with E-state index in [1.54, 1.807) is 4.31 Å². The maximum atomic E-state index is 13.6. The second kappa shape index (κ2) is 9.23. The molecule has 6 nitrogen and oxygen atoms in total. The Morgan fingerprint density at radius 1 is 1.31 bits per heavy atom. The molecule has 3 rings (SSSR count). The monoisotopic (exact) mass is 385 g/mol. The average molecular weight is 386 g/mol. The minimum atomic E-state index is -3.72. The summed E-state index contributed by atoms with van der Waals surface area (Å²) in [6, 6.07) is 5.23. The van der Waals surface area contributed by atoms with E-state index in [1.807, 2.05) is 0 Å². The molecule has 8 heteroatoms. The summed E-state index contributed by atoms with van der Waals surface area (Å²) in [7, 11) is -3.72. The third-order valence-electron chi connectivity index (χ3n) is 5.04. The summed E-state index contributed by atoms with van der Waals surface area (Å²) in [5.41, 5.74) is 0. The van der Waals surface area contributed by atoms with Crippen molar-refractivity contribution in [2.75, 3.05) is 52.5 Å². The summed E-state index contributed by atoms with van der Waals surface area (Å²) < 4.78 is 46.8. The van der Waals surface area contributed by atoms with Gasteiger partial charge in [-0.15, -0.1) is 0 Å². The summed E-state index contributed by atoms with van der Waals surface area (Å²) >= 11 is 0. The number of sulfonamides is 1. The van der Waals surface area contributed by atoms with Gasteiger partial charge in [-0.1, -0.05) is 6.07 Å². The van der Waals surface area contributed by atoms with Crippen LogP contribution in [0, 0.1) is 5.82 Å². The first kappa shape index (κ1) is 19.7. The van der Waals surface area contributed by atoms with Crippen LogP contribution >= 0.6 is 0 Å².